The summed E-state index contributed by atoms with van der Waals surface area (Å²) in [4.78, 5) is 84.1. The van der Waals surface area contributed by atoms with Gasteiger partial charge in [-0.3, -0.25) is 19.2 Å². The fraction of sp³-hybridized carbons (Fsp3) is 0.741. The number of alkyl carbamates (subject to hydrolysis) is 1. The molecule has 400 valence electrons. The van der Waals surface area contributed by atoms with Crippen LogP contribution in [0.5, 0.6) is 0 Å². The molecule has 3 fully saturated rings. The van der Waals surface area contributed by atoms with E-state index in [1.165, 1.54) is 14.2 Å². The minimum absolute atomic E-state index is 0.0290. The molecule has 1 aliphatic carbocycles. The number of carbonyl (C=O) groups is 6. The van der Waals surface area contributed by atoms with E-state index in [4.69, 9.17) is 28.4 Å². The molecule has 17 nitrogen and oxygen atoms in total. The van der Waals surface area contributed by atoms with E-state index in [1.54, 1.807) is 40.9 Å². The molecule has 4 aliphatic rings. The van der Waals surface area contributed by atoms with Gasteiger partial charge >= 0.3 is 12.1 Å². The number of hydrogen-bond acceptors (Lipinski definition) is 15. The number of carbonyl (C=O) groups excluding carboxylic acids is 6. The summed E-state index contributed by atoms with van der Waals surface area (Å²) in [6.45, 7) is 12.5. The number of methoxy groups -OCH3 is 2. The van der Waals surface area contributed by atoms with E-state index in [2.05, 4.69) is 5.32 Å². The molecule has 2 amide bonds. The zero-order chi connectivity index (χ0) is 52.6. The number of amides is 2. The number of rotatable bonds is 9. The lowest BCUT2D eigenvalue weighted by Gasteiger charge is -2.43. The second kappa shape index (κ2) is 28.4. The summed E-state index contributed by atoms with van der Waals surface area (Å²) < 4.78 is 35.0. The summed E-state index contributed by atoms with van der Waals surface area (Å²) in [5.74, 6) is -8.46. The van der Waals surface area contributed by atoms with Crippen molar-refractivity contribution in [2.45, 2.75) is 180 Å². The lowest BCUT2D eigenvalue weighted by Crippen LogP contribution is -2.61. The minimum atomic E-state index is -2.52. The van der Waals surface area contributed by atoms with Crippen LogP contribution in [0.15, 0.2) is 47.6 Å². The second-order valence-electron chi connectivity index (χ2n) is 20.6. The molecule has 3 aliphatic heterocycles. The van der Waals surface area contributed by atoms with Gasteiger partial charge in [0.15, 0.2) is 5.78 Å². The third kappa shape index (κ3) is 16.7. The Balaban J connectivity index is 1.72. The van der Waals surface area contributed by atoms with Crippen molar-refractivity contribution in [2.75, 3.05) is 41.0 Å². The average Bonchev–Trinajstić information content (AvgIpc) is 3.35. The van der Waals surface area contributed by atoms with Crippen LogP contribution in [0.25, 0.3) is 0 Å². The van der Waals surface area contributed by atoms with E-state index in [0.717, 1.165) is 10.5 Å². The van der Waals surface area contributed by atoms with Crippen LogP contribution >= 0.6 is 0 Å². The molecule has 1 saturated carbocycles. The highest BCUT2D eigenvalue weighted by atomic mass is 16.6. The summed E-state index contributed by atoms with van der Waals surface area (Å²) >= 11 is 0. The Labute approximate surface area is 421 Å². The number of fused-ring (bicyclic) bond motifs is 3. The molecule has 0 aromatic rings. The van der Waals surface area contributed by atoms with Crippen molar-refractivity contribution in [1.29, 1.82) is 0 Å². The summed E-state index contributed by atoms with van der Waals surface area (Å²) in [6, 6.07) is -1.18. The minimum Gasteiger partial charge on any atom is -0.460 e. The van der Waals surface area contributed by atoms with Crippen LogP contribution in [-0.4, -0.2) is 151 Å². The first-order valence-corrected chi connectivity index (χ1v) is 25.8. The molecule has 71 heavy (non-hydrogen) atoms. The van der Waals surface area contributed by atoms with E-state index < -0.39 is 90.0 Å². The third-order valence-corrected chi connectivity index (χ3v) is 15.0. The number of cyclic esters (lactones) is 1. The zero-order valence-electron chi connectivity index (χ0n) is 43.8. The van der Waals surface area contributed by atoms with E-state index >= 15 is 0 Å². The SMILES string of the molecule is CNC(=O)OCCO[C@H]1C[C@@H]2CC[C@@H](C)[C@@](O)(O2)C(=O)C(=O)N2CCCC[C@H]2C(=O)O[C@H]([C@H](C)C[C@@H]2CC[C@@H](O)[C@H](OC)C2)CC(=O)[C@H](C)/C=C(\C)[C@@H](O)[C@@H](OC)C(=O)[C@H](C)C[C@H](C)/C=C/C=CC=C1C. The number of ketones is 3. The van der Waals surface area contributed by atoms with Crippen molar-refractivity contribution in [2.24, 2.45) is 35.5 Å². The molecule has 2 saturated heterocycles. The van der Waals surface area contributed by atoms with Crippen LogP contribution in [0.1, 0.15) is 126 Å². The van der Waals surface area contributed by atoms with Gasteiger partial charge in [-0.05, 0) is 107 Å². The quantitative estimate of drug-likeness (QED) is 0.0911. The van der Waals surface area contributed by atoms with Gasteiger partial charge in [-0.1, -0.05) is 71.1 Å². The molecule has 17 heteroatoms. The zero-order valence-corrected chi connectivity index (χ0v) is 43.8. The standard InChI is InChI=1S/C54H84N2O15/c1-32-16-12-11-13-17-33(2)44(68-24-25-69-53(64)55-8)30-40-21-19-38(7)54(65,71-40)50(61)51(62)56-23-15-14-18-41(56)52(63)70-45(35(4)28-39-20-22-42(57)46(29-39)66-9)31-43(58)34(3)27-37(6)48(60)49(67-10)47(59)36(5)26-32/h11-13,16-17,27,32,34-36,38-42,44-46,48-49,57,60,65H,14-15,18-26,28-31H2,1-10H3,(H,55,64)/b13-11?,16-12+,33-17?,37-27+/t32-,34-,35-,36-,38-,39+,40+,41+,42-,44+,45+,46-,48-,49+,54-/m1/s1. The fourth-order valence-electron chi connectivity index (χ4n) is 10.4. The van der Waals surface area contributed by atoms with Crippen molar-refractivity contribution >= 4 is 35.3 Å². The molecule has 4 N–H and O–H groups in total. The molecular weight excluding hydrogens is 917 g/mol. The molecule has 0 aromatic carbocycles. The van der Waals surface area contributed by atoms with Crippen molar-refractivity contribution in [3.8, 4) is 0 Å². The highest BCUT2D eigenvalue weighted by molar-refractivity contribution is 6.39. The summed E-state index contributed by atoms with van der Waals surface area (Å²) in [6.07, 6.45) is 9.35. The Morgan fingerprint density at radius 2 is 1.63 bits per heavy atom. The Bertz CT molecular complexity index is 1930. The number of piperidine rings is 1. The Hall–Kier alpha value is -4.10. The van der Waals surface area contributed by atoms with E-state index in [0.29, 0.717) is 63.4 Å². The normalized spacial score (nSPS) is 36.7. The van der Waals surface area contributed by atoms with E-state index in [9.17, 15) is 44.1 Å². The van der Waals surface area contributed by atoms with Gasteiger partial charge in [0.1, 0.15) is 36.7 Å². The molecule has 0 unspecified atom stereocenters. The van der Waals surface area contributed by atoms with Crippen LogP contribution in [0.4, 0.5) is 4.79 Å². The Morgan fingerprint density at radius 3 is 2.32 bits per heavy atom. The van der Waals surface area contributed by atoms with Crippen LogP contribution in [0, 0.1) is 35.5 Å². The monoisotopic (exact) mass is 1000 g/mol. The lowest BCUT2D eigenvalue weighted by atomic mass is 9.78. The predicted octanol–water partition coefficient (Wildman–Crippen LogP) is 5.91. The Kier molecular flexibility index (Phi) is 23.8. The number of esters is 1. The number of nitrogens with one attached hydrogen (secondary N) is 1. The smallest absolute Gasteiger partial charge is 0.406 e. The summed E-state index contributed by atoms with van der Waals surface area (Å²) in [5, 5.41) is 36.5. The molecule has 15 atom stereocenters. The first-order valence-electron chi connectivity index (χ1n) is 25.8. The first-order chi connectivity index (χ1) is 33.6. The van der Waals surface area contributed by atoms with Gasteiger partial charge in [0.05, 0.1) is 31.0 Å². The molecular formula is C54H84N2O15. The van der Waals surface area contributed by atoms with Gasteiger partial charge in [0.2, 0.25) is 5.79 Å². The van der Waals surface area contributed by atoms with Crippen molar-refractivity contribution in [3.63, 3.8) is 0 Å². The van der Waals surface area contributed by atoms with Crippen molar-refractivity contribution in [1.82, 2.24) is 10.2 Å². The number of aliphatic hydroxyl groups is 3. The summed E-state index contributed by atoms with van der Waals surface area (Å²) in [7, 11) is 4.37. The average molecular weight is 1000 g/mol. The first kappa shape index (κ1) is 59.5. The molecule has 2 bridgehead atoms. The highest BCUT2D eigenvalue weighted by Gasteiger charge is 2.53. The molecule has 3 heterocycles. The lowest BCUT2D eigenvalue weighted by molar-refractivity contribution is -0.266. The maximum atomic E-state index is 14.5. The number of aliphatic hydroxyl groups excluding tert-OH is 2. The molecule has 0 aromatic heterocycles. The van der Waals surface area contributed by atoms with Gasteiger partial charge in [-0.2, -0.15) is 0 Å². The largest absolute Gasteiger partial charge is 0.460 e. The number of ether oxygens (including phenoxy) is 6. The van der Waals surface area contributed by atoms with E-state index in [1.807, 2.05) is 51.2 Å². The van der Waals surface area contributed by atoms with Crippen LogP contribution in [0.3, 0.4) is 0 Å². The number of allylic oxidation sites excluding steroid dienone is 6. The molecule has 0 spiro atoms. The van der Waals surface area contributed by atoms with Crippen LogP contribution in [0.2, 0.25) is 0 Å². The third-order valence-electron chi connectivity index (χ3n) is 15.0. The number of hydrogen-bond donors (Lipinski definition) is 4. The van der Waals surface area contributed by atoms with E-state index in [-0.39, 0.29) is 74.4 Å². The maximum absolute atomic E-state index is 14.5. The van der Waals surface area contributed by atoms with Gasteiger partial charge in [0.25, 0.3) is 11.7 Å². The van der Waals surface area contributed by atoms with Crippen LogP contribution in [-0.2, 0) is 52.4 Å². The van der Waals surface area contributed by atoms with Crippen LogP contribution < -0.4 is 5.32 Å². The second-order valence-corrected chi connectivity index (χ2v) is 20.6. The van der Waals surface area contributed by atoms with Gasteiger partial charge in [-0.25, -0.2) is 9.59 Å². The van der Waals surface area contributed by atoms with Gasteiger partial charge in [0, 0.05) is 58.4 Å². The number of Topliss-reactive ketones (excluding diaryl/α,β-unsaturated/α-hetero) is 3. The Morgan fingerprint density at radius 1 is 0.901 bits per heavy atom. The van der Waals surface area contributed by atoms with Crippen molar-refractivity contribution in [3.05, 3.63) is 47.6 Å². The van der Waals surface area contributed by atoms with Gasteiger partial charge < -0.3 is 54.0 Å². The number of nitrogens with zero attached hydrogens (tertiary/aromatic N) is 1. The topological polar surface area (TPSA) is 234 Å². The van der Waals surface area contributed by atoms with Crippen molar-refractivity contribution < 1.29 is 72.5 Å². The predicted molar refractivity (Wildman–Crippen MR) is 264 cm³/mol. The fourth-order valence-corrected chi connectivity index (χ4v) is 10.4. The summed E-state index contributed by atoms with van der Waals surface area (Å²) in [5.41, 5.74) is 1.13. The molecule has 0 radical (unpaired) electrons. The molecule has 4 rings (SSSR count). The highest BCUT2D eigenvalue weighted by Crippen LogP contribution is 2.38. The van der Waals surface area contributed by atoms with Gasteiger partial charge in [-0.15, -0.1) is 0 Å². The maximum Gasteiger partial charge on any atom is 0.406 e.